The Kier molecular flexibility index (Phi) is 3.36. The van der Waals surface area contributed by atoms with E-state index in [1.165, 1.54) is 5.57 Å². The lowest BCUT2D eigenvalue weighted by Gasteiger charge is -2.28. The van der Waals surface area contributed by atoms with Gasteiger partial charge in [0.25, 0.3) is 0 Å². The predicted octanol–water partition coefficient (Wildman–Crippen LogP) is 2.65. The number of allylic oxidation sites excluding steroid dienone is 2. The summed E-state index contributed by atoms with van der Waals surface area (Å²) in [7, 11) is 0. The first-order valence-electron chi connectivity index (χ1n) is 6.45. The van der Waals surface area contributed by atoms with Crippen molar-refractivity contribution in [1.82, 2.24) is 0 Å². The maximum Gasteiger partial charge on any atom is 0.316 e. The van der Waals surface area contributed by atoms with Gasteiger partial charge in [-0.1, -0.05) is 18.6 Å². The first kappa shape index (κ1) is 12.3. The third-order valence-corrected chi connectivity index (χ3v) is 4.12. The molecule has 17 heavy (non-hydrogen) atoms. The van der Waals surface area contributed by atoms with Crippen LogP contribution in [0.15, 0.2) is 11.6 Å². The van der Waals surface area contributed by atoms with Crippen molar-refractivity contribution in [1.29, 1.82) is 0 Å². The highest BCUT2D eigenvalue weighted by Crippen LogP contribution is 2.48. The molecule has 2 aliphatic rings. The third kappa shape index (κ3) is 2.28. The monoisotopic (exact) mass is 236 g/mol. The molecule has 1 fully saturated rings. The summed E-state index contributed by atoms with van der Waals surface area (Å²) < 4.78 is 5.02. The molecule has 0 aliphatic heterocycles. The lowest BCUT2D eigenvalue weighted by atomic mass is 9.76. The molecule has 2 rings (SSSR count). The van der Waals surface area contributed by atoms with E-state index >= 15 is 0 Å². The average Bonchev–Trinajstić information content (AvgIpc) is 2.59. The fourth-order valence-electron chi connectivity index (χ4n) is 3.06. The number of ketones is 1. The van der Waals surface area contributed by atoms with Crippen LogP contribution in [0.5, 0.6) is 0 Å². The molecule has 0 aromatic carbocycles. The standard InChI is InChI=1S/C14H20O3/c1-3-17-13(16)11-9-14(2)8-4-5-10(14)6-7-12(11)15/h5,11H,3-4,6-9H2,1-2H3/t11?,14-/m0/s1. The van der Waals surface area contributed by atoms with Gasteiger partial charge in [-0.25, -0.2) is 0 Å². The van der Waals surface area contributed by atoms with Crippen LogP contribution < -0.4 is 0 Å². The van der Waals surface area contributed by atoms with Gasteiger partial charge in [-0.15, -0.1) is 0 Å². The summed E-state index contributed by atoms with van der Waals surface area (Å²) in [5.41, 5.74) is 1.42. The van der Waals surface area contributed by atoms with Crippen molar-refractivity contribution in [3.05, 3.63) is 11.6 Å². The molecule has 1 saturated carbocycles. The van der Waals surface area contributed by atoms with Crippen LogP contribution in [0.1, 0.15) is 46.0 Å². The summed E-state index contributed by atoms with van der Waals surface area (Å²) in [4.78, 5) is 23.8. The van der Waals surface area contributed by atoms with Gasteiger partial charge in [-0.3, -0.25) is 9.59 Å². The highest BCUT2D eigenvalue weighted by molar-refractivity contribution is 5.99. The number of carbonyl (C=O) groups excluding carboxylic acids is 2. The fourth-order valence-corrected chi connectivity index (χ4v) is 3.06. The van der Waals surface area contributed by atoms with E-state index in [2.05, 4.69) is 13.0 Å². The molecular formula is C14H20O3. The third-order valence-electron chi connectivity index (χ3n) is 4.12. The minimum absolute atomic E-state index is 0.0452. The topological polar surface area (TPSA) is 43.4 Å². The predicted molar refractivity (Wildman–Crippen MR) is 64.4 cm³/mol. The molecule has 0 saturated heterocycles. The Morgan fingerprint density at radius 2 is 2.29 bits per heavy atom. The molecule has 0 aromatic heterocycles. The first-order valence-corrected chi connectivity index (χ1v) is 6.45. The zero-order chi connectivity index (χ0) is 12.5. The number of rotatable bonds is 2. The molecule has 0 aromatic rings. The largest absolute Gasteiger partial charge is 0.465 e. The van der Waals surface area contributed by atoms with E-state index in [-0.39, 0.29) is 17.2 Å². The lowest BCUT2D eigenvalue weighted by Crippen LogP contribution is -2.29. The molecule has 2 atom stereocenters. The second-order valence-corrected chi connectivity index (χ2v) is 5.30. The summed E-state index contributed by atoms with van der Waals surface area (Å²) in [6.45, 7) is 4.31. The molecule has 1 unspecified atom stereocenters. The van der Waals surface area contributed by atoms with Crippen LogP contribution in [0.25, 0.3) is 0 Å². The number of hydrogen-bond acceptors (Lipinski definition) is 3. The normalized spacial score (nSPS) is 32.7. The highest BCUT2D eigenvalue weighted by atomic mass is 16.5. The Hall–Kier alpha value is -1.12. The van der Waals surface area contributed by atoms with Crippen LogP contribution in [0.2, 0.25) is 0 Å². The van der Waals surface area contributed by atoms with E-state index in [1.807, 2.05) is 0 Å². The number of Topliss-reactive ketones (excluding diaryl/α,β-unsaturated/α-hetero) is 1. The van der Waals surface area contributed by atoms with Gasteiger partial charge < -0.3 is 4.74 Å². The number of carbonyl (C=O) groups is 2. The van der Waals surface area contributed by atoms with Crippen LogP contribution in [0.4, 0.5) is 0 Å². The van der Waals surface area contributed by atoms with Crippen LogP contribution in [0, 0.1) is 11.3 Å². The molecule has 0 N–H and O–H groups in total. The van der Waals surface area contributed by atoms with E-state index in [0.29, 0.717) is 19.4 Å². The Bertz CT molecular complexity index is 370. The molecule has 0 bridgehead atoms. The zero-order valence-electron chi connectivity index (χ0n) is 10.6. The van der Waals surface area contributed by atoms with Gasteiger partial charge in [0, 0.05) is 6.42 Å². The molecule has 0 amide bonds. The molecule has 0 radical (unpaired) electrons. The summed E-state index contributed by atoms with van der Waals surface area (Å²) in [6.07, 6.45) is 6.34. The van der Waals surface area contributed by atoms with Crippen LogP contribution in [-0.4, -0.2) is 18.4 Å². The van der Waals surface area contributed by atoms with Gasteiger partial charge in [0.1, 0.15) is 11.7 Å². The smallest absolute Gasteiger partial charge is 0.316 e. The van der Waals surface area contributed by atoms with Gasteiger partial charge in [-0.05, 0) is 38.0 Å². The van der Waals surface area contributed by atoms with Crippen molar-refractivity contribution in [2.24, 2.45) is 11.3 Å². The second-order valence-electron chi connectivity index (χ2n) is 5.30. The number of esters is 1. The lowest BCUT2D eigenvalue weighted by molar-refractivity contribution is -0.152. The Labute approximate surface area is 102 Å². The summed E-state index contributed by atoms with van der Waals surface area (Å²) in [5, 5.41) is 0. The molecule has 3 heteroatoms. The van der Waals surface area contributed by atoms with Gasteiger partial charge in [0.15, 0.2) is 0 Å². The van der Waals surface area contributed by atoms with E-state index < -0.39 is 5.92 Å². The van der Waals surface area contributed by atoms with Crippen LogP contribution in [0.3, 0.4) is 0 Å². The van der Waals surface area contributed by atoms with E-state index in [1.54, 1.807) is 6.92 Å². The summed E-state index contributed by atoms with van der Waals surface area (Å²) in [5.74, 6) is -0.809. The highest BCUT2D eigenvalue weighted by Gasteiger charge is 2.42. The van der Waals surface area contributed by atoms with Gasteiger partial charge >= 0.3 is 5.97 Å². The molecule has 3 nitrogen and oxygen atoms in total. The van der Waals surface area contributed by atoms with Gasteiger partial charge in [0.05, 0.1) is 6.61 Å². The molecule has 2 aliphatic carbocycles. The van der Waals surface area contributed by atoms with Gasteiger partial charge in [0.2, 0.25) is 0 Å². The zero-order valence-corrected chi connectivity index (χ0v) is 10.6. The molecule has 0 spiro atoms. The Balaban J connectivity index is 2.19. The van der Waals surface area contributed by atoms with Crippen molar-refractivity contribution >= 4 is 11.8 Å². The number of fused-ring (bicyclic) bond motifs is 1. The quantitative estimate of drug-likeness (QED) is 0.420. The van der Waals surface area contributed by atoms with Crippen molar-refractivity contribution in [3.63, 3.8) is 0 Å². The SMILES string of the molecule is CCOC(=O)C1C[C@]2(C)CCC=C2CCC1=O. The Morgan fingerprint density at radius 1 is 1.53 bits per heavy atom. The molecule has 94 valence electrons. The van der Waals surface area contributed by atoms with Gasteiger partial charge in [-0.2, -0.15) is 0 Å². The van der Waals surface area contributed by atoms with Crippen molar-refractivity contribution in [3.8, 4) is 0 Å². The van der Waals surface area contributed by atoms with Crippen LogP contribution >= 0.6 is 0 Å². The van der Waals surface area contributed by atoms with E-state index in [9.17, 15) is 9.59 Å². The van der Waals surface area contributed by atoms with Crippen LogP contribution in [-0.2, 0) is 14.3 Å². The number of hydrogen-bond donors (Lipinski definition) is 0. The maximum atomic E-state index is 12.0. The van der Waals surface area contributed by atoms with E-state index in [0.717, 1.165) is 19.3 Å². The minimum Gasteiger partial charge on any atom is -0.465 e. The Morgan fingerprint density at radius 3 is 3.00 bits per heavy atom. The van der Waals surface area contributed by atoms with Crippen molar-refractivity contribution in [2.45, 2.75) is 46.0 Å². The first-order chi connectivity index (χ1) is 8.07. The van der Waals surface area contributed by atoms with Crippen molar-refractivity contribution < 1.29 is 14.3 Å². The average molecular weight is 236 g/mol. The second kappa shape index (κ2) is 4.63. The van der Waals surface area contributed by atoms with E-state index in [4.69, 9.17) is 4.74 Å². The summed E-state index contributed by atoms with van der Waals surface area (Å²) >= 11 is 0. The molecule has 0 heterocycles. The van der Waals surface area contributed by atoms with Crippen molar-refractivity contribution in [2.75, 3.05) is 6.61 Å². The fraction of sp³-hybridized carbons (Fsp3) is 0.714. The number of ether oxygens (including phenoxy) is 1. The maximum absolute atomic E-state index is 12.0. The summed E-state index contributed by atoms with van der Waals surface area (Å²) in [6, 6.07) is 0. The molecular weight excluding hydrogens is 216 g/mol. The minimum atomic E-state index is -0.538.